The standard InChI is InChI=1S/C13H27NO/c1-12(2)8-9-14(10-11-15)13-6-4-3-5-7-13/h12-13,15H,3-11H2,1-2H3. The zero-order valence-corrected chi connectivity index (χ0v) is 10.4. The van der Waals surface area contributed by atoms with E-state index in [9.17, 15) is 0 Å². The summed E-state index contributed by atoms with van der Waals surface area (Å²) in [5.74, 6) is 0.773. The van der Waals surface area contributed by atoms with Crippen molar-refractivity contribution in [1.29, 1.82) is 0 Å². The zero-order valence-electron chi connectivity index (χ0n) is 10.4. The van der Waals surface area contributed by atoms with E-state index in [4.69, 9.17) is 5.11 Å². The van der Waals surface area contributed by atoms with Gasteiger partial charge in [-0.15, -0.1) is 0 Å². The summed E-state index contributed by atoms with van der Waals surface area (Å²) in [6, 6.07) is 0.754. The molecule has 0 radical (unpaired) electrons. The normalized spacial score (nSPS) is 19.0. The SMILES string of the molecule is CC(C)CCN(CCO)C1CCCCC1. The Morgan fingerprint density at radius 2 is 1.80 bits per heavy atom. The van der Waals surface area contributed by atoms with Crippen LogP contribution in [0.2, 0.25) is 0 Å². The first-order valence-corrected chi connectivity index (χ1v) is 6.59. The molecule has 0 atom stereocenters. The Balaban J connectivity index is 2.33. The number of aliphatic hydroxyl groups is 1. The van der Waals surface area contributed by atoms with E-state index in [2.05, 4.69) is 18.7 Å². The van der Waals surface area contributed by atoms with Gasteiger partial charge in [0, 0.05) is 12.6 Å². The van der Waals surface area contributed by atoms with Gasteiger partial charge in [-0.05, 0) is 31.7 Å². The highest BCUT2D eigenvalue weighted by Gasteiger charge is 2.20. The minimum absolute atomic E-state index is 0.314. The summed E-state index contributed by atoms with van der Waals surface area (Å²) in [7, 11) is 0. The lowest BCUT2D eigenvalue weighted by atomic mass is 9.93. The molecule has 1 fully saturated rings. The quantitative estimate of drug-likeness (QED) is 0.733. The van der Waals surface area contributed by atoms with E-state index in [-0.39, 0.29) is 0 Å². The Hall–Kier alpha value is -0.0800. The highest BCUT2D eigenvalue weighted by Crippen LogP contribution is 2.22. The monoisotopic (exact) mass is 213 g/mol. The van der Waals surface area contributed by atoms with Gasteiger partial charge in [-0.3, -0.25) is 4.90 Å². The summed E-state index contributed by atoms with van der Waals surface area (Å²) in [6.07, 6.45) is 8.13. The van der Waals surface area contributed by atoms with Gasteiger partial charge in [0.2, 0.25) is 0 Å². The number of hydrogen-bond donors (Lipinski definition) is 1. The molecule has 0 aromatic rings. The summed E-state index contributed by atoms with van der Waals surface area (Å²) in [5.41, 5.74) is 0. The lowest BCUT2D eigenvalue weighted by Gasteiger charge is -2.34. The van der Waals surface area contributed by atoms with Crippen LogP contribution in [-0.2, 0) is 0 Å². The molecule has 1 rings (SSSR count). The fourth-order valence-corrected chi connectivity index (χ4v) is 2.48. The topological polar surface area (TPSA) is 23.5 Å². The first-order valence-electron chi connectivity index (χ1n) is 6.59. The molecule has 0 heterocycles. The van der Waals surface area contributed by atoms with E-state index in [0.717, 1.165) is 18.5 Å². The molecule has 0 unspecified atom stereocenters. The number of rotatable bonds is 6. The second-order valence-corrected chi connectivity index (χ2v) is 5.23. The van der Waals surface area contributed by atoms with Crippen molar-refractivity contribution in [3.8, 4) is 0 Å². The average molecular weight is 213 g/mol. The lowest BCUT2D eigenvalue weighted by Crippen LogP contribution is -2.39. The van der Waals surface area contributed by atoms with Crippen LogP contribution < -0.4 is 0 Å². The van der Waals surface area contributed by atoms with Crippen LogP contribution in [0.3, 0.4) is 0 Å². The van der Waals surface area contributed by atoms with E-state index in [1.165, 1.54) is 45.1 Å². The van der Waals surface area contributed by atoms with E-state index in [0.29, 0.717) is 6.61 Å². The van der Waals surface area contributed by atoms with Crippen molar-refractivity contribution in [1.82, 2.24) is 4.90 Å². The van der Waals surface area contributed by atoms with Crippen molar-refractivity contribution in [2.45, 2.75) is 58.4 Å². The van der Waals surface area contributed by atoms with Crippen LogP contribution in [-0.4, -0.2) is 35.7 Å². The van der Waals surface area contributed by atoms with E-state index in [1.807, 2.05) is 0 Å². The van der Waals surface area contributed by atoms with Crippen LogP contribution in [0.4, 0.5) is 0 Å². The maximum Gasteiger partial charge on any atom is 0.0558 e. The molecule has 0 amide bonds. The molecule has 0 aromatic heterocycles. The summed E-state index contributed by atoms with van der Waals surface area (Å²) >= 11 is 0. The Bertz CT molecular complexity index is 153. The molecular weight excluding hydrogens is 186 g/mol. The third-order valence-corrected chi connectivity index (χ3v) is 3.47. The van der Waals surface area contributed by atoms with Crippen molar-refractivity contribution < 1.29 is 5.11 Å². The molecule has 0 saturated heterocycles. The molecule has 1 aliphatic carbocycles. The van der Waals surface area contributed by atoms with E-state index in [1.54, 1.807) is 0 Å². The van der Waals surface area contributed by atoms with Crippen LogP contribution in [0.1, 0.15) is 52.4 Å². The van der Waals surface area contributed by atoms with Crippen molar-refractivity contribution >= 4 is 0 Å². The van der Waals surface area contributed by atoms with Crippen LogP contribution in [0, 0.1) is 5.92 Å². The van der Waals surface area contributed by atoms with Gasteiger partial charge < -0.3 is 5.11 Å². The minimum atomic E-state index is 0.314. The van der Waals surface area contributed by atoms with Crippen LogP contribution >= 0.6 is 0 Å². The average Bonchev–Trinajstić information content (AvgIpc) is 2.25. The van der Waals surface area contributed by atoms with Crippen molar-refractivity contribution in [2.75, 3.05) is 19.7 Å². The number of hydrogen-bond acceptors (Lipinski definition) is 2. The third kappa shape index (κ3) is 4.98. The highest BCUT2D eigenvalue weighted by atomic mass is 16.3. The van der Waals surface area contributed by atoms with Crippen LogP contribution in [0.25, 0.3) is 0 Å². The smallest absolute Gasteiger partial charge is 0.0558 e. The largest absolute Gasteiger partial charge is 0.395 e. The second-order valence-electron chi connectivity index (χ2n) is 5.23. The molecule has 1 saturated carbocycles. The molecule has 2 nitrogen and oxygen atoms in total. The molecule has 0 aliphatic heterocycles. The molecule has 2 heteroatoms. The molecule has 1 aliphatic rings. The van der Waals surface area contributed by atoms with E-state index >= 15 is 0 Å². The van der Waals surface area contributed by atoms with Crippen LogP contribution in [0.5, 0.6) is 0 Å². The van der Waals surface area contributed by atoms with Gasteiger partial charge in [0.15, 0.2) is 0 Å². The molecule has 90 valence electrons. The van der Waals surface area contributed by atoms with Gasteiger partial charge in [-0.2, -0.15) is 0 Å². The number of nitrogens with zero attached hydrogens (tertiary/aromatic N) is 1. The summed E-state index contributed by atoms with van der Waals surface area (Å²) < 4.78 is 0. The summed E-state index contributed by atoms with van der Waals surface area (Å²) in [4.78, 5) is 2.51. The fourth-order valence-electron chi connectivity index (χ4n) is 2.48. The third-order valence-electron chi connectivity index (χ3n) is 3.47. The second kappa shape index (κ2) is 7.24. The first-order chi connectivity index (χ1) is 7.24. The molecule has 15 heavy (non-hydrogen) atoms. The highest BCUT2D eigenvalue weighted by molar-refractivity contribution is 4.75. The van der Waals surface area contributed by atoms with Gasteiger partial charge in [-0.1, -0.05) is 33.1 Å². The van der Waals surface area contributed by atoms with Gasteiger partial charge in [0.25, 0.3) is 0 Å². The van der Waals surface area contributed by atoms with Gasteiger partial charge in [0.05, 0.1) is 6.61 Å². The van der Waals surface area contributed by atoms with E-state index < -0.39 is 0 Å². The molecule has 1 N–H and O–H groups in total. The van der Waals surface area contributed by atoms with Crippen molar-refractivity contribution in [3.05, 3.63) is 0 Å². The predicted molar refractivity (Wildman–Crippen MR) is 65.0 cm³/mol. The van der Waals surface area contributed by atoms with Gasteiger partial charge >= 0.3 is 0 Å². The molecular formula is C13H27NO. The Morgan fingerprint density at radius 3 is 2.33 bits per heavy atom. The van der Waals surface area contributed by atoms with Crippen molar-refractivity contribution in [2.24, 2.45) is 5.92 Å². The van der Waals surface area contributed by atoms with Crippen LogP contribution in [0.15, 0.2) is 0 Å². The summed E-state index contributed by atoms with van der Waals surface area (Å²) in [5, 5.41) is 9.09. The molecule has 0 spiro atoms. The Kier molecular flexibility index (Phi) is 6.26. The first kappa shape index (κ1) is 13.0. The summed E-state index contributed by atoms with van der Waals surface area (Å²) in [6.45, 7) is 6.91. The molecule has 0 aromatic carbocycles. The Morgan fingerprint density at radius 1 is 1.13 bits per heavy atom. The maximum atomic E-state index is 9.09. The van der Waals surface area contributed by atoms with Gasteiger partial charge in [-0.25, -0.2) is 0 Å². The lowest BCUT2D eigenvalue weighted by molar-refractivity contribution is 0.118. The predicted octanol–water partition coefficient (Wildman–Crippen LogP) is 2.66. The zero-order chi connectivity index (χ0) is 11.1. The maximum absolute atomic E-state index is 9.09. The Labute approximate surface area is 94.7 Å². The fraction of sp³-hybridized carbons (Fsp3) is 1.00. The van der Waals surface area contributed by atoms with Gasteiger partial charge in [0.1, 0.15) is 0 Å². The number of aliphatic hydroxyl groups excluding tert-OH is 1. The van der Waals surface area contributed by atoms with Crippen molar-refractivity contribution in [3.63, 3.8) is 0 Å². The minimum Gasteiger partial charge on any atom is -0.395 e. The molecule has 0 bridgehead atoms.